The van der Waals surface area contributed by atoms with Gasteiger partial charge in [-0.3, -0.25) is 5.41 Å². The van der Waals surface area contributed by atoms with Crippen molar-refractivity contribution in [3.63, 3.8) is 0 Å². The molecule has 0 aliphatic rings. The Labute approximate surface area is 97.4 Å². The Hall–Kier alpha value is -1.75. The van der Waals surface area contributed by atoms with Crippen LogP contribution in [0.15, 0.2) is 46.4 Å². The van der Waals surface area contributed by atoms with Gasteiger partial charge in [0.05, 0.1) is 6.20 Å². The second kappa shape index (κ2) is 4.85. The first-order valence-electron chi connectivity index (χ1n) is 4.71. The molecule has 0 atom stereocenters. The number of nitrogens with one attached hydrogen (secondary N) is 1. The van der Waals surface area contributed by atoms with Gasteiger partial charge in [-0.25, -0.2) is 4.98 Å². The summed E-state index contributed by atoms with van der Waals surface area (Å²) in [4.78, 5) is 4.02. The lowest BCUT2D eigenvalue weighted by Crippen LogP contribution is -2.10. The summed E-state index contributed by atoms with van der Waals surface area (Å²) in [6.45, 7) is 0. The molecule has 4 nitrogen and oxygen atoms in total. The molecule has 0 radical (unpaired) electrons. The first-order valence-corrected chi connectivity index (χ1v) is 5.70. The number of nitrogens with zero attached hydrogens (tertiary/aromatic N) is 1. The Kier molecular flexibility index (Phi) is 3.26. The summed E-state index contributed by atoms with van der Waals surface area (Å²) < 4.78 is 5.11. The monoisotopic (exact) mass is 233 g/mol. The fourth-order valence-corrected chi connectivity index (χ4v) is 1.95. The quantitative estimate of drug-likeness (QED) is 0.482. The molecule has 0 unspecified atom stereocenters. The highest BCUT2D eigenvalue weighted by molar-refractivity contribution is 7.98. The van der Waals surface area contributed by atoms with E-state index >= 15 is 0 Å². The second-order valence-corrected chi connectivity index (χ2v) is 4.12. The number of hydrogen-bond acceptors (Lipinski definition) is 4. The number of nitrogen functional groups attached to an aromatic ring is 1. The summed E-state index contributed by atoms with van der Waals surface area (Å²) in [5.74, 6) is 0.880. The summed E-state index contributed by atoms with van der Waals surface area (Å²) in [6.07, 6.45) is 3.18. The van der Waals surface area contributed by atoms with Crippen molar-refractivity contribution in [2.75, 3.05) is 0 Å². The fraction of sp³-hybridized carbons (Fsp3) is 0.0909. The summed E-state index contributed by atoms with van der Waals surface area (Å²) >= 11 is 1.53. The van der Waals surface area contributed by atoms with Gasteiger partial charge in [-0.15, -0.1) is 0 Å². The number of hydrogen-bond donors (Lipinski definition) is 2. The zero-order valence-electron chi connectivity index (χ0n) is 8.51. The van der Waals surface area contributed by atoms with Crippen molar-refractivity contribution >= 4 is 17.6 Å². The van der Waals surface area contributed by atoms with Crippen LogP contribution in [0.25, 0.3) is 0 Å². The molecule has 0 saturated carbocycles. The number of nitrogens with two attached hydrogens (primary N) is 1. The van der Waals surface area contributed by atoms with Gasteiger partial charge in [-0.05, 0) is 5.56 Å². The van der Waals surface area contributed by atoms with E-state index in [-0.39, 0.29) is 5.84 Å². The van der Waals surface area contributed by atoms with Crippen LogP contribution in [0.4, 0.5) is 0 Å². The summed E-state index contributed by atoms with van der Waals surface area (Å²) in [6, 6.07) is 7.58. The smallest absolute Gasteiger partial charge is 0.255 e. The zero-order chi connectivity index (χ0) is 11.4. The lowest BCUT2D eigenvalue weighted by atomic mass is 10.1. The van der Waals surface area contributed by atoms with Gasteiger partial charge in [-0.1, -0.05) is 36.0 Å². The largest absolute Gasteiger partial charge is 0.440 e. The molecule has 0 aliphatic heterocycles. The highest BCUT2D eigenvalue weighted by Crippen LogP contribution is 2.20. The number of oxazole rings is 1. The number of thioether (sulfide) groups is 1. The molecule has 2 aromatic rings. The third kappa shape index (κ3) is 2.64. The molecular weight excluding hydrogens is 222 g/mol. The lowest BCUT2D eigenvalue weighted by molar-refractivity contribution is 0.454. The Balaban J connectivity index is 1.98. The Bertz CT molecular complexity index is 464. The maximum absolute atomic E-state index is 7.27. The molecule has 1 aromatic carbocycles. The minimum atomic E-state index is 0.0897. The van der Waals surface area contributed by atoms with Crippen LogP contribution in [0.3, 0.4) is 0 Å². The van der Waals surface area contributed by atoms with Crippen LogP contribution in [-0.2, 0) is 5.75 Å². The van der Waals surface area contributed by atoms with Crippen molar-refractivity contribution in [1.29, 1.82) is 5.41 Å². The zero-order valence-corrected chi connectivity index (χ0v) is 9.33. The second-order valence-electron chi connectivity index (χ2n) is 3.20. The van der Waals surface area contributed by atoms with E-state index in [0.717, 1.165) is 16.9 Å². The topological polar surface area (TPSA) is 75.9 Å². The molecule has 0 saturated heterocycles. The lowest BCUT2D eigenvalue weighted by Gasteiger charge is -2.01. The van der Waals surface area contributed by atoms with Crippen LogP contribution in [0.2, 0.25) is 0 Å². The van der Waals surface area contributed by atoms with E-state index in [0.29, 0.717) is 5.22 Å². The third-order valence-corrected chi connectivity index (χ3v) is 2.96. The molecule has 0 aliphatic carbocycles. The highest BCUT2D eigenvalue weighted by atomic mass is 32.2. The number of amidine groups is 1. The van der Waals surface area contributed by atoms with Crippen LogP contribution in [-0.4, -0.2) is 10.8 Å². The van der Waals surface area contributed by atoms with Gasteiger partial charge in [0.15, 0.2) is 0 Å². The van der Waals surface area contributed by atoms with E-state index in [1.165, 1.54) is 11.8 Å². The standard InChI is InChI=1S/C11H11N3OS/c12-10(13)9-3-1-8(2-4-9)7-16-11-14-5-6-15-11/h1-6H,7H2,(H3,12,13). The minimum absolute atomic E-state index is 0.0897. The molecule has 0 spiro atoms. The Morgan fingerprint density at radius 3 is 2.69 bits per heavy atom. The van der Waals surface area contributed by atoms with Crippen molar-refractivity contribution in [1.82, 2.24) is 4.98 Å². The normalized spacial score (nSPS) is 10.2. The molecule has 82 valence electrons. The third-order valence-electron chi connectivity index (χ3n) is 2.04. The highest BCUT2D eigenvalue weighted by Gasteiger charge is 2.01. The van der Waals surface area contributed by atoms with Gasteiger partial charge in [0.2, 0.25) is 0 Å². The SMILES string of the molecule is N=C(N)c1ccc(CSc2ncco2)cc1. The molecule has 0 amide bonds. The first-order chi connectivity index (χ1) is 7.75. The maximum atomic E-state index is 7.27. The average Bonchev–Trinajstić information content (AvgIpc) is 2.80. The summed E-state index contributed by atoms with van der Waals surface area (Å²) in [5, 5.41) is 7.93. The summed E-state index contributed by atoms with van der Waals surface area (Å²) in [7, 11) is 0. The van der Waals surface area contributed by atoms with E-state index < -0.39 is 0 Å². The van der Waals surface area contributed by atoms with Crippen molar-refractivity contribution in [2.45, 2.75) is 11.0 Å². The fourth-order valence-electron chi connectivity index (χ4n) is 1.21. The van der Waals surface area contributed by atoms with Crippen LogP contribution >= 0.6 is 11.8 Å². The van der Waals surface area contributed by atoms with Gasteiger partial charge in [0, 0.05) is 11.3 Å². The molecule has 0 fully saturated rings. The van der Waals surface area contributed by atoms with E-state index in [1.807, 2.05) is 24.3 Å². The van der Waals surface area contributed by atoms with Gasteiger partial charge in [0.1, 0.15) is 12.1 Å². The Morgan fingerprint density at radius 1 is 1.38 bits per heavy atom. The molecule has 0 bridgehead atoms. The van der Waals surface area contributed by atoms with E-state index in [4.69, 9.17) is 15.6 Å². The molecule has 5 heteroatoms. The maximum Gasteiger partial charge on any atom is 0.255 e. The molecule has 2 rings (SSSR count). The molecule has 1 aromatic heterocycles. The van der Waals surface area contributed by atoms with Crippen LogP contribution in [0, 0.1) is 5.41 Å². The van der Waals surface area contributed by atoms with E-state index in [9.17, 15) is 0 Å². The molecule has 3 N–H and O–H groups in total. The number of rotatable bonds is 4. The van der Waals surface area contributed by atoms with Crippen molar-refractivity contribution in [3.8, 4) is 0 Å². The van der Waals surface area contributed by atoms with Crippen LogP contribution < -0.4 is 5.73 Å². The van der Waals surface area contributed by atoms with Crippen molar-refractivity contribution in [3.05, 3.63) is 47.9 Å². The molecular formula is C11H11N3OS. The molecule has 16 heavy (non-hydrogen) atoms. The predicted molar refractivity (Wildman–Crippen MR) is 63.5 cm³/mol. The van der Waals surface area contributed by atoms with Gasteiger partial charge >= 0.3 is 0 Å². The number of aromatic nitrogens is 1. The van der Waals surface area contributed by atoms with Crippen LogP contribution in [0.1, 0.15) is 11.1 Å². The predicted octanol–water partition coefficient (Wildman–Crippen LogP) is 2.25. The van der Waals surface area contributed by atoms with Crippen molar-refractivity contribution < 1.29 is 4.42 Å². The van der Waals surface area contributed by atoms with Gasteiger partial charge < -0.3 is 10.2 Å². The van der Waals surface area contributed by atoms with Gasteiger partial charge in [-0.2, -0.15) is 0 Å². The molecule has 1 heterocycles. The van der Waals surface area contributed by atoms with Crippen molar-refractivity contribution in [2.24, 2.45) is 5.73 Å². The average molecular weight is 233 g/mol. The van der Waals surface area contributed by atoms with Gasteiger partial charge in [0.25, 0.3) is 5.22 Å². The minimum Gasteiger partial charge on any atom is -0.440 e. The first kappa shape index (κ1) is 10.8. The Morgan fingerprint density at radius 2 is 2.12 bits per heavy atom. The van der Waals surface area contributed by atoms with E-state index in [2.05, 4.69) is 4.98 Å². The van der Waals surface area contributed by atoms with Crippen LogP contribution in [0.5, 0.6) is 0 Å². The van der Waals surface area contributed by atoms with E-state index in [1.54, 1.807) is 12.5 Å². The summed E-state index contributed by atoms with van der Waals surface area (Å²) in [5.41, 5.74) is 7.26. The number of benzene rings is 1.